The molecular weight excluding hydrogens is 603 g/mol. The maximum atomic E-state index is 15.6. The summed E-state index contributed by atoms with van der Waals surface area (Å²) in [5.41, 5.74) is -1.53. The van der Waals surface area contributed by atoms with Gasteiger partial charge in [0.25, 0.3) is 5.56 Å². The van der Waals surface area contributed by atoms with Crippen molar-refractivity contribution in [3.8, 4) is 16.9 Å². The number of benzene rings is 2. The summed E-state index contributed by atoms with van der Waals surface area (Å²) in [6.45, 7) is 4.17. The number of piperazine rings is 1. The lowest BCUT2D eigenvalue weighted by atomic mass is 9.92. The van der Waals surface area contributed by atoms with Crippen LogP contribution >= 0.6 is 11.8 Å². The Labute approximate surface area is 256 Å². The zero-order chi connectivity index (χ0) is 31.9. The van der Waals surface area contributed by atoms with Crippen LogP contribution in [0.4, 0.5) is 26.7 Å². The number of hydrogen-bond donors (Lipinski definition) is 0. The molecule has 44 heavy (non-hydrogen) atoms. The molecule has 0 saturated carbocycles. The van der Waals surface area contributed by atoms with Crippen molar-refractivity contribution < 1.29 is 31.5 Å². The first kappa shape index (κ1) is 31.8. The number of rotatable bonds is 6. The third kappa shape index (κ3) is 5.91. The number of carbonyl (C=O) groups excluding carboxylic acids is 1. The van der Waals surface area contributed by atoms with E-state index < -0.39 is 40.9 Å². The minimum atomic E-state index is -4.80. The Kier molecular flexibility index (Phi) is 8.99. The van der Waals surface area contributed by atoms with E-state index in [1.807, 2.05) is 0 Å². The number of halogens is 5. The molecule has 3 aromatic rings. The first-order chi connectivity index (χ1) is 20.8. The summed E-state index contributed by atoms with van der Waals surface area (Å²) in [6.07, 6.45) is -5.24. The van der Waals surface area contributed by atoms with Crippen LogP contribution in [0.25, 0.3) is 11.1 Å². The number of nitrogens with zero attached hydrogens (tertiary/aromatic N) is 4. The van der Waals surface area contributed by atoms with Crippen LogP contribution in [-0.2, 0) is 12.6 Å². The van der Waals surface area contributed by atoms with Crippen molar-refractivity contribution in [3.63, 3.8) is 0 Å². The maximum Gasteiger partial charge on any atom is 0.416 e. The van der Waals surface area contributed by atoms with E-state index in [2.05, 4.69) is 4.90 Å². The Balaban J connectivity index is 1.61. The van der Waals surface area contributed by atoms with Gasteiger partial charge in [-0.15, -0.1) is 11.8 Å². The monoisotopic (exact) mass is 636 g/mol. The number of methoxy groups -OCH3 is 1. The summed E-state index contributed by atoms with van der Waals surface area (Å²) in [7, 11) is 4.68. The quantitative estimate of drug-likeness (QED) is 0.327. The third-order valence-corrected chi connectivity index (χ3v) is 9.51. The molecule has 0 N–H and O–H groups in total. The molecule has 2 aliphatic heterocycles. The molecule has 0 bridgehead atoms. The van der Waals surface area contributed by atoms with Gasteiger partial charge >= 0.3 is 12.2 Å². The van der Waals surface area contributed by atoms with Crippen LogP contribution in [-0.4, -0.2) is 85.0 Å². The summed E-state index contributed by atoms with van der Waals surface area (Å²) in [5.74, 6) is -1.42. The number of pyridine rings is 1. The number of aromatic nitrogens is 1. The molecule has 0 aliphatic carbocycles. The fourth-order valence-corrected chi connectivity index (χ4v) is 7.35. The highest BCUT2D eigenvalue weighted by atomic mass is 32.2. The minimum absolute atomic E-state index is 0.000975. The summed E-state index contributed by atoms with van der Waals surface area (Å²) in [5, 5.41) is 0.447. The van der Waals surface area contributed by atoms with Gasteiger partial charge in [-0.25, -0.2) is 13.6 Å². The van der Waals surface area contributed by atoms with Crippen LogP contribution in [0, 0.1) is 18.6 Å². The molecule has 1 aromatic heterocycles. The van der Waals surface area contributed by atoms with Crippen LogP contribution < -0.4 is 10.3 Å². The van der Waals surface area contributed by atoms with E-state index in [4.69, 9.17) is 4.74 Å². The molecule has 2 aliphatic rings. The van der Waals surface area contributed by atoms with Crippen molar-refractivity contribution in [2.45, 2.75) is 30.6 Å². The van der Waals surface area contributed by atoms with E-state index >= 15 is 8.78 Å². The molecule has 2 aromatic carbocycles. The molecule has 0 spiro atoms. The summed E-state index contributed by atoms with van der Waals surface area (Å²) in [6, 6.07) is 6.74. The molecule has 3 heterocycles. The molecule has 1 unspecified atom stereocenters. The van der Waals surface area contributed by atoms with Gasteiger partial charge in [-0.1, -0.05) is 18.2 Å². The Bertz CT molecular complexity index is 1630. The zero-order valence-corrected chi connectivity index (χ0v) is 25.6. The lowest BCUT2D eigenvalue weighted by molar-refractivity contribution is -0.138. The highest BCUT2D eigenvalue weighted by molar-refractivity contribution is 7.99. The topological polar surface area (TPSA) is 58.0 Å². The van der Waals surface area contributed by atoms with Gasteiger partial charge in [0, 0.05) is 70.1 Å². The fraction of sp³-hybridized carbons (Fsp3) is 0.419. The van der Waals surface area contributed by atoms with Crippen molar-refractivity contribution in [3.05, 3.63) is 80.6 Å². The number of ether oxygens (including phenoxy) is 1. The molecule has 0 radical (unpaired) electrons. The second-order valence-electron chi connectivity index (χ2n) is 11.2. The number of alkyl halides is 3. The fourth-order valence-electron chi connectivity index (χ4n) is 5.97. The van der Waals surface area contributed by atoms with E-state index in [1.54, 1.807) is 25.9 Å². The first-order valence-electron chi connectivity index (χ1n) is 14.1. The number of carbonyl (C=O) groups is 1. The predicted molar refractivity (Wildman–Crippen MR) is 158 cm³/mol. The Morgan fingerprint density at radius 2 is 1.73 bits per heavy atom. The molecule has 236 valence electrons. The number of thioether (sulfide) groups is 1. The van der Waals surface area contributed by atoms with E-state index in [0.717, 1.165) is 18.2 Å². The Hall–Kier alpha value is -3.58. The van der Waals surface area contributed by atoms with E-state index in [0.29, 0.717) is 49.1 Å². The van der Waals surface area contributed by atoms with Gasteiger partial charge in [0.15, 0.2) is 11.6 Å². The van der Waals surface area contributed by atoms with Gasteiger partial charge in [-0.05, 0) is 36.2 Å². The lowest BCUT2D eigenvalue weighted by Crippen LogP contribution is -2.52. The Morgan fingerprint density at radius 1 is 1.05 bits per heavy atom. The standard InChI is InChI=1S/C31H33F5N4O3S/c1-18-21(15-22-23(31(34,35)36)8-6-9-24(22)32)29-40(28(41)26(18)20-7-5-10-25(43-4)27(20)33)19(17-44-29)16-38-11-13-39(14-12-38)30(42)37(2)3/h5-10,19H,11-17H2,1-4H3. The third-order valence-electron chi connectivity index (χ3n) is 8.24. The van der Waals surface area contributed by atoms with Crippen LogP contribution in [0.5, 0.6) is 5.75 Å². The average molecular weight is 637 g/mol. The highest BCUT2D eigenvalue weighted by Gasteiger charge is 2.37. The largest absolute Gasteiger partial charge is 0.494 e. The van der Waals surface area contributed by atoms with Gasteiger partial charge in [-0.3, -0.25) is 14.3 Å². The SMILES string of the molecule is COc1cccc(-c2c(C)c(Cc3c(F)cccc3C(F)(F)F)c3n(c2=O)C(CN2CCN(C(=O)N(C)C)CC2)CS3)c1F. The second-order valence-corrected chi connectivity index (χ2v) is 12.2. The molecule has 1 saturated heterocycles. The number of hydrogen-bond acceptors (Lipinski definition) is 5. The molecular formula is C31H33F5N4O3S. The number of fused-ring (bicyclic) bond motifs is 1. The molecule has 13 heteroatoms. The summed E-state index contributed by atoms with van der Waals surface area (Å²) >= 11 is 1.33. The minimum Gasteiger partial charge on any atom is -0.494 e. The van der Waals surface area contributed by atoms with Crippen molar-refractivity contribution in [2.75, 3.05) is 59.7 Å². The van der Waals surface area contributed by atoms with Gasteiger partial charge < -0.3 is 14.5 Å². The normalized spacial score (nSPS) is 17.1. The van der Waals surface area contributed by atoms with E-state index in [-0.39, 0.29) is 34.5 Å². The van der Waals surface area contributed by atoms with Gasteiger partial charge in [0.2, 0.25) is 0 Å². The van der Waals surface area contributed by atoms with Gasteiger partial charge in [0.05, 0.1) is 29.3 Å². The lowest BCUT2D eigenvalue weighted by Gasteiger charge is -2.37. The van der Waals surface area contributed by atoms with Crippen LogP contribution in [0.2, 0.25) is 0 Å². The van der Waals surface area contributed by atoms with Crippen molar-refractivity contribution in [2.24, 2.45) is 0 Å². The van der Waals surface area contributed by atoms with Crippen LogP contribution in [0.3, 0.4) is 0 Å². The summed E-state index contributed by atoms with van der Waals surface area (Å²) in [4.78, 5) is 32.0. The molecule has 1 fully saturated rings. The number of amides is 2. The highest BCUT2D eigenvalue weighted by Crippen LogP contribution is 2.42. The maximum absolute atomic E-state index is 15.6. The molecule has 7 nitrogen and oxygen atoms in total. The molecule has 1 atom stereocenters. The van der Waals surface area contributed by atoms with Crippen molar-refractivity contribution in [1.29, 1.82) is 0 Å². The smallest absolute Gasteiger partial charge is 0.416 e. The predicted octanol–water partition coefficient (Wildman–Crippen LogP) is 5.67. The second kappa shape index (κ2) is 12.4. The zero-order valence-electron chi connectivity index (χ0n) is 24.8. The van der Waals surface area contributed by atoms with Crippen molar-refractivity contribution in [1.82, 2.24) is 19.3 Å². The molecule has 5 rings (SSSR count). The van der Waals surface area contributed by atoms with Gasteiger partial charge in [0.1, 0.15) is 5.82 Å². The van der Waals surface area contributed by atoms with E-state index in [9.17, 15) is 22.8 Å². The summed E-state index contributed by atoms with van der Waals surface area (Å²) < 4.78 is 79.2. The van der Waals surface area contributed by atoms with Crippen LogP contribution in [0.15, 0.2) is 46.2 Å². The first-order valence-corrected chi connectivity index (χ1v) is 15.1. The van der Waals surface area contributed by atoms with E-state index in [1.165, 1.54) is 46.5 Å². The number of urea groups is 1. The van der Waals surface area contributed by atoms with Crippen molar-refractivity contribution >= 4 is 17.8 Å². The van der Waals surface area contributed by atoms with Crippen LogP contribution in [0.1, 0.15) is 28.3 Å². The molecule has 2 amide bonds. The average Bonchev–Trinajstić information content (AvgIpc) is 3.39. The van der Waals surface area contributed by atoms with Gasteiger partial charge in [-0.2, -0.15) is 13.2 Å². The Morgan fingerprint density at radius 3 is 2.36 bits per heavy atom.